The quantitative estimate of drug-likeness (QED) is 0.0320. The van der Waals surface area contributed by atoms with Gasteiger partial charge in [0.2, 0.25) is 5.78 Å². The Morgan fingerprint density at radius 3 is 2.18 bits per heavy atom. The highest BCUT2D eigenvalue weighted by atomic mass is 31.2. The second-order valence-corrected chi connectivity index (χ2v) is 28.3. The summed E-state index contributed by atoms with van der Waals surface area (Å²) in [5.41, 5.74) is -0.981. The minimum absolute atomic E-state index is 0.0198. The number of carbonyl (C=O) groups excluding carboxylic acids is 6. The number of alkyl carbamates (subject to hydrolysis) is 1. The lowest BCUT2D eigenvalue weighted by molar-refractivity contribution is -0.166. The fraction of sp³-hybridized carbons (Fsp3) is 0.650. The van der Waals surface area contributed by atoms with Gasteiger partial charge >= 0.3 is 39.0 Å². The predicted molar refractivity (Wildman–Crippen MR) is 323 cm³/mol. The number of phenolic OH excluding ortho intramolecular Hbond substituents is 1. The zero-order valence-electron chi connectivity index (χ0n) is 52.4. The molecule has 5 heterocycles. The van der Waals surface area contributed by atoms with Crippen molar-refractivity contribution in [2.24, 2.45) is 34.6 Å². The van der Waals surface area contributed by atoms with Crippen LogP contribution in [0.5, 0.6) is 11.5 Å². The van der Waals surface area contributed by atoms with Crippen LogP contribution in [-0.4, -0.2) is 182 Å². The van der Waals surface area contributed by atoms with Crippen molar-refractivity contribution in [2.75, 3.05) is 59.5 Å². The molecule has 0 aromatic heterocycles. The van der Waals surface area contributed by atoms with Gasteiger partial charge < -0.3 is 79.1 Å². The number of benzene rings is 1. The number of hydrogen-bond acceptors (Lipinski definition) is 20. The summed E-state index contributed by atoms with van der Waals surface area (Å²) in [4.78, 5) is 132. The Morgan fingerprint density at radius 1 is 0.909 bits per heavy atom. The van der Waals surface area contributed by atoms with Crippen molar-refractivity contribution in [3.8, 4) is 11.5 Å². The molecule has 0 radical (unpaired) electrons. The first kappa shape index (κ1) is 71.3. The average molecular weight is 1280 g/mol. The Kier molecular flexibility index (Phi) is 24.2. The van der Waals surface area contributed by atoms with E-state index in [0.717, 1.165) is 13.0 Å². The summed E-state index contributed by atoms with van der Waals surface area (Å²) in [5, 5.41) is 31.1. The van der Waals surface area contributed by atoms with E-state index in [0.29, 0.717) is 38.3 Å². The molecule has 26 nitrogen and oxygen atoms in total. The molecule has 9 N–H and O–H groups in total. The summed E-state index contributed by atoms with van der Waals surface area (Å²) in [6.45, 7) is 20.4. The lowest BCUT2D eigenvalue weighted by Gasteiger charge is -2.39. The number of aromatic hydroxyl groups is 1. The summed E-state index contributed by atoms with van der Waals surface area (Å²) in [5.74, 6) is -9.28. The molecule has 7 rings (SSSR count). The van der Waals surface area contributed by atoms with E-state index in [-0.39, 0.29) is 89.8 Å². The molecular weight excluding hydrogens is 1190 g/mol. The summed E-state index contributed by atoms with van der Waals surface area (Å²) in [6.07, 6.45) is 3.93. The topological polar surface area (TPSA) is 368 Å². The molecule has 1 aromatic carbocycles. The van der Waals surface area contributed by atoms with Crippen molar-refractivity contribution in [3.63, 3.8) is 0 Å². The molecule has 1 fully saturated rings. The largest absolute Gasteiger partial charge is 0.507 e. The molecule has 1 saturated heterocycles. The number of nitrogens with zero attached hydrogens (tertiary/aromatic N) is 3. The van der Waals surface area contributed by atoms with Gasteiger partial charge in [-0.15, -0.1) is 0 Å². The van der Waals surface area contributed by atoms with Crippen molar-refractivity contribution in [1.82, 2.24) is 25.8 Å². The van der Waals surface area contributed by atoms with Gasteiger partial charge in [-0.3, -0.25) is 43.0 Å². The summed E-state index contributed by atoms with van der Waals surface area (Å²) < 4.78 is 59.9. The van der Waals surface area contributed by atoms with Gasteiger partial charge in [-0.25, -0.2) is 4.79 Å². The Balaban J connectivity index is 1.40. The van der Waals surface area contributed by atoms with Crippen LogP contribution in [0.15, 0.2) is 52.5 Å². The van der Waals surface area contributed by atoms with E-state index < -0.39 is 134 Å². The molecule has 5 aliphatic heterocycles. The number of aliphatic hydroxyl groups excluding tert-OH is 1. The number of likely N-dealkylation sites (tertiary alicyclic amines) is 1. The van der Waals surface area contributed by atoms with Crippen molar-refractivity contribution in [1.29, 1.82) is 0 Å². The molecule has 0 unspecified atom stereocenters. The van der Waals surface area contributed by atoms with Crippen molar-refractivity contribution in [3.05, 3.63) is 69.8 Å². The minimum Gasteiger partial charge on any atom is -0.507 e. The second-order valence-electron chi connectivity index (χ2n) is 24.3. The smallest absolute Gasteiger partial charge is 0.407 e. The predicted octanol–water partition coefficient (Wildman–Crippen LogP) is 5.85. The van der Waals surface area contributed by atoms with Crippen LogP contribution < -0.4 is 20.7 Å². The summed E-state index contributed by atoms with van der Waals surface area (Å²) >= 11 is 0. The van der Waals surface area contributed by atoms with Gasteiger partial charge in [0.25, 0.3) is 11.7 Å². The lowest BCUT2D eigenvalue weighted by atomic mass is 9.78. The zero-order chi connectivity index (χ0) is 65.4. The van der Waals surface area contributed by atoms with Crippen LogP contribution >= 0.6 is 15.2 Å². The van der Waals surface area contributed by atoms with Gasteiger partial charge in [0, 0.05) is 107 Å². The highest BCUT2D eigenvalue weighted by molar-refractivity contribution is 7.70. The maximum Gasteiger partial charge on any atom is 0.407 e. The molecule has 6 aliphatic rings. The third-order valence-corrected chi connectivity index (χ3v) is 20.8. The number of aliphatic imine (C=N–C) groups is 1. The molecule has 490 valence electrons. The van der Waals surface area contributed by atoms with Crippen LogP contribution in [0.2, 0.25) is 0 Å². The molecule has 28 heteroatoms. The van der Waals surface area contributed by atoms with Gasteiger partial charge in [-0.05, 0) is 51.6 Å². The number of ketones is 2. The van der Waals surface area contributed by atoms with Crippen LogP contribution in [0.25, 0.3) is 0 Å². The molecule has 1 spiro atoms. The maximum atomic E-state index is 15.1. The van der Waals surface area contributed by atoms with Gasteiger partial charge in [0.05, 0.1) is 54.2 Å². The standard InChI is InChI=1S/C60H90N6O20P2/c1-13-14-29-82-58(74)61-24-28-65(25-16-15-20-43(87(75,76)77)88(78,79)80)32-42(68)85-53-34(4)18-17-19-35(5)57(73)62-49-48-47(63-60(64-48)22-26-66(27-23-60)31-33(2)3)44-45(52(49)71)51(70)39(9)55-46(44)56(72)59(11,86-55)83-30-21-41(81-12)36(6)54(84-40(10)67)38(8)50(69)37(53)7/h17-19,21,30,33-34,36-38,41,43,50,53-54,64,69-70H,13-16,20,22-29,31-32H2,1-12H3,(H,61,74)(H,62,73)(H2,75,76,77)(H2,78,79,80)/b18-17+,30-21+,35-19-/t34-,36+,37-,38+,41-,50+,53-,54+,59-/m0/s1. The number of phenols is 1. The van der Waals surface area contributed by atoms with Crippen LogP contribution in [0.3, 0.4) is 0 Å². The van der Waals surface area contributed by atoms with Crippen molar-refractivity contribution >= 4 is 56.4 Å². The van der Waals surface area contributed by atoms with Crippen LogP contribution in [-0.2, 0) is 47.2 Å². The number of piperidine rings is 1. The highest BCUT2D eigenvalue weighted by Crippen LogP contribution is 2.61. The molecule has 2 amide bonds. The number of carbonyl (C=O) groups is 6. The van der Waals surface area contributed by atoms with E-state index in [1.54, 1.807) is 44.7 Å². The Morgan fingerprint density at radius 2 is 1.57 bits per heavy atom. The molecular formula is C60H90N6O20P2. The maximum absolute atomic E-state index is 15.1. The number of nitrogens with one attached hydrogen (secondary N) is 3. The molecule has 9 atom stereocenters. The molecule has 0 saturated carbocycles. The highest BCUT2D eigenvalue weighted by Gasteiger charge is 2.55. The molecule has 1 aromatic rings. The SMILES string of the molecule is CCCCOC(=O)NCCN(CCCCC(P(=O)(O)O)P(=O)(O)O)CC(=O)O[C@@H]1[C@@H](C)[C@@H](O)[C@@H](C)[C@H](OC(C)=O)[C@H](C)[C@@H](OC)/C=C/O[C@@]2(C)Oc3c(C)c(O)c4c(c3C2=O)C2=NC3(CCN(CC(C)C)CC3)NC2=C(NC(=O)/C(C)=C\C=C\[C@@H]1C)C4=O. The third kappa shape index (κ3) is 17.0. The minimum atomic E-state index is -5.21. The number of hydrogen-bond donors (Lipinski definition) is 9. The van der Waals surface area contributed by atoms with E-state index in [2.05, 4.69) is 34.7 Å². The van der Waals surface area contributed by atoms with Gasteiger partial charge in [0.15, 0.2) is 5.40 Å². The Bertz CT molecular complexity index is 3010. The number of amides is 2. The monoisotopic (exact) mass is 1280 g/mol. The van der Waals surface area contributed by atoms with Crippen LogP contribution in [0.1, 0.15) is 146 Å². The molecule has 1 aliphatic carbocycles. The number of allylic oxidation sites excluding steroid dienone is 4. The molecule has 5 bridgehead atoms. The third-order valence-electron chi connectivity index (χ3n) is 16.9. The first-order valence-corrected chi connectivity index (χ1v) is 33.4. The van der Waals surface area contributed by atoms with Crippen molar-refractivity contribution in [2.45, 2.75) is 162 Å². The number of aliphatic hydroxyl groups is 1. The number of unbranched alkanes of at least 4 members (excludes halogenated alkanes) is 2. The van der Waals surface area contributed by atoms with Gasteiger partial charge in [-0.2, -0.15) is 0 Å². The number of methoxy groups -OCH3 is 1. The summed E-state index contributed by atoms with van der Waals surface area (Å²) in [7, 11) is -9.02. The van der Waals surface area contributed by atoms with Gasteiger partial charge in [0.1, 0.15) is 35.1 Å². The van der Waals surface area contributed by atoms with Crippen LogP contribution in [0.4, 0.5) is 4.79 Å². The lowest BCUT2D eigenvalue weighted by Crippen LogP contribution is -2.50. The fourth-order valence-electron chi connectivity index (χ4n) is 12.0. The van der Waals surface area contributed by atoms with Crippen molar-refractivity contribution < 1.29 is 96.1 Å². The number of ether oxygens (including phenoxy) is 6. The Hall–Kier alpha value is -5.79. The van der Waals surface area contributed by atoms with E-state index in [1.807, 2.05) is 6.92 Å². The number of esters is 2. The van der Waals surface area contributed by atoms with Crippen LogP contribution in [0, 0.1) is 36.5 Å². The van der Waals surface area contributed by atoms with E-state index in [1.165, 1.54) is 53.2 Å². The Labute approximate surface area is 514 Å². The normalized spacial score (nSPS) is 27.4. The van der Waals surface area contributed by atoms with Gasteiger partial charge in [-0.1, -0.05) is 79.5 Å². The first-order chi connectivity index (χ1) is 41.2. The fourth-order valence-corrected chi connectivity index (χ4v) is 14.6. The number of Topliss-reactive ketones (excluding diaryl/α,β-unsaturated/α-hetero) is 2. The average Bonchev–Trinajstić information content (AvgIpc) is 1.55. The second kappa shape index (κ2) is 29.9. The van der Waals surface area contributed by atoms with E-state index in [4.69, 9.17) is 33.4 Å². The first-order valence-electron chi connectivity index (χ1n) is 30.0. The van der Waals surface area contributed by atoms with E-state index >= 15 is 4.79 Å². The number of rotatable bonds is 20. The number of fused-ring (bicyclic) bond motifs is 13. The zero-order valence-corrected chi connectivity index (χ0v) is 54.2. The van der Waals surface area contributed by atoms with E-state index in [9.17, 15) is 62.9 Å². The summed E-state index contributed by atoms with van der Waals surface area (Å²) in [6, 6.07) is 0. The molecule has 88 heavy (non-hydrogen) atoms.